The second kappa shape index (κ2) is 13.8. The number of hydrogen-bond donors (Lipinski definition) is 4. The third kappa shape index (κ3) is 7.98. The summed E-state index contributed by atoms with van der Waals surface area (Å²) in [6, 6.07) is 16.4. The van der Waals surface area contributed by atoms with E-state index in [0.29, 0.717) is 17.2 Å². The van der Waals surface area contributed by atoms with E-state index in [-0.39, 0.29) is 38.4 Å². The lowest BCUT2D eigenvalue weighted by molar-refractivity contribution is -0.137. The number of hydrogen-bond acceptors (Lipinski definition) is 7. The average Bonchev–Trinajstić information content (AvgIpc) is 3.65. The SMILES string of the molecule is CCOC(=O)C=C[C@H](CCC(N)=O)NC(=O)[C@H](Cc1ccccc1)NC(=O)c1ccc(-c2cccc3c2OCO3)[nH]1. The molecule has 0 bridgehead atoms. The second-order valence-corrected chi connectivity index (χ2v) is 9.27. The number of nitrogens with two attached hydrogens (primary N) is 1. The number of aromatic nitrogens is 1. The quantitative estimate of drug-likeness (QED) is 0.185. The maximum absolute atomic E-state index is 13.5. The molecule has 214 valence electrons. The maximum atomic E-state index is 13.5. The molecule has 0 aliphatic carbocycles. The van der Waals surface area contributed by atoms with E-state index in [2.05, 4.69) is 15.6 Å². The molecular formula is C30H32N4O7. The molecule has 1 aliphatic heterocycles. The minimum absolute atomic E-state index is 0.0168. The number of carbonyl (C=O) groups is 4. The highest BCUT2D eigenvalue weighted by atomic mass is 16.7. The largest absolute Gasteiger partial charge is 0.463 e. The Balaban J connectivity index is 1.52. The van der Waals surface area contributed by atoms with Gasteiger partial charge < -0.3 is 35.6 Å². The number of primary amides is 1. The van der Waals surface area contributed by atoms with E-state index >= 15 is 0 Å². The summed E-state index contributed by atoms with van der Waals surface area (Å²) in [7, 11) is 0. The Bertz CT molecular complexity index is 1420. The molecule has 41 heavy (non-hydrogen) atoms. The zero-order valence-electron chi connectivity index (χ0n) is 22.6. The summed E-state index contributed by atoms with van der Waals surface area (Å²) in [5.74, 6) is -0.919. The van der Waals surface area contributed by atoms with Gasteiger partial charge in [0.25, 0.3) is 5.91 Å². The molecule has 4 rings (SSSR count). The smallest absolute Gasteiger partial charge is 0.330 e. The van der Waals surface area contributed by atoms with Gasteiger partial charge in [-0.25, -0.2) is 4.79 Å². The van der Waals surface area contributed by atoms with Crippen LogP contribution >= 0.6 is 0 Å². The number of rotatable bonds is 13. The number of amides is 3. The third-order valence-electron chi connectivity index (χ3n) is 6.30. The molecule has 1 aliphatic rings. The molecule has 0 radical (unpaired) electrons. The van der Waals surface area contributed by atoms with Crippen LogP contribution in [0.4, 0.5) is 0 Å². The molecule has 11 heteroatoms. The van der Waals surface area contributed by atoms with E-state index in [1.54, 1.807) is 25.1 Å². The van der Waals surface area contributed by atoms with Crippen LogP contribution in [0.5, 0.6) is 11.5 Å². The van der Waals surface area contributed by atoms with Crippen LogP contribution in [0.1, 0.15) is 35.8 Å². The predicted molar refractivity (Wildman–Crippen MR) is 150 cm³/mol. The lowest BCUT2D eigenvalue weighted by Gasteiger charge is -2.22. The van der Waals surface area contributed by atoms with Crippen LogP contribution in [-0.2, 0) is 25.5 Å². The Kier molecular flexibility index (Phi) is 9.76. The molecule has 3 amide bonds. The van der Waals surface area contributed by atoms with Crippen LogP contribution in [0, 0.1) is 0 Å². The molecule has 0 saturated heterocycles. The van der Waals surface area contributed by atoms with Gasteiger partial charge in [-0.3, -0.25) is 14.4 Å². The average molecular weight is 561 g/mol. The Labute approximate surface area is 237 Å². The summed E-state index contributed by atoms with van der Waals surface area (Å²) in [5.41, 5.74) is 7.76. The Morgan fingerprint density at radius 1 is 1.02 bits per heavy atom. The highest BCUT2D eigenvalue weighted by Crippen LogP contribution is 2.40. The molecule has 0 unspecified atom stereocenters. The van der Waals surface area contributed by atoms with Crippen molar-refractivity contribution < 1.29 is 33.4 Å². The number of para-hydroxylation sites is 1. The normalized spacial score (nSPS) is 13.4. The fourth-order valence-corrected chi connectivity index (χ4v) is 4.30. The van der Waals surface area contributed by atoms with Crippen LogP contribution in [0.2, 0.25) is 0 Å². The molecule has 2 aromatic carbocycles. The number of esters is 1. The molecule has 2 atom stereocenters. The van der Waals surface area contributed by atoms with Crippen LogP contribution < -0.4 is 25.8 Å². The molecule has 5 N–H and O–H groups in total. The van der Waals surface area contributed by atoms with E-state index in [4.69, 9.17) is 19.9 Å². The highest BCUT2D eigenvalue weighted by molar-refractivity contribution is 5.97. The van der Waals surface area contributed by atoms with E-state index in [1.807, 2.05) is 42.5 Å². The number of H-pyrrole nitrogens is 1. The first-order valence-electron chi connectivity index (χ1n) is 13.2. The van der Waals surface area contributed by atoms with E-state index in [9.17, 15) is 19.2 Å². The van der Waals surface area contributed by atoms with Crippen molar-refractivity contribution >= 4 is 23.7 Å². The molecule has 3 aromatic rings. The fraction of sp³-hybridized carbons (Fsp3) is 0.267. The number of aromatic amines is 1. The molecule has 0 fully saturated rings. The van der Waals surface area contributed by atoms with Crippen molar-refractivity contribution in [3.8, 4) is 22.8 Å². The first kappa shape index (κ1) is 28.9. The minimum atomic E-state index is -0.971. The second-order valence-electron chi connectivity index (χ2n) is 9.27. The molecule has 2 heterocycles. The van der Waals surface area contributed by atoms with Crippen molar-refractivity contribution in [2.24, 2.45) is 5.73 Å². The number of fused-ring (bicyclic) bond motifs is 1. The van der Waals surface area contributed by atoms with Gasteiger partial charge in [-0.05, 0) is 43.2 Å². The highest BCUT2D eigenvalue weighted by Gasteiger charge is 2.25. The summed E-state index contributed by atoms with van der Waals surface area (Å²) >= 11 is 0. The van der Waals surface area contributed by atoms with Gasteiger partial charge in [0.15, 0.2) is 11.5 Å². The number of benzene rings is 2. The van der Waals surface area contributed by atoms with E-state index in [0.717, 1.165) is 11.1 Å². The van der Waals surface area contributed by atoms with Crippen LogP contribution in [0.15, 0.2) is 72.8 Å². The predicted octanol–water partition coefficient (Wildman–Crippen LogP) is 2.62. The van der Waals surface area contributed by atoms with Crippen LogP contribution in [0.25, 0.3) is 11.3 Å². The zero-order chi connectivity index (χ0) is 29.2. The lowest BCUT2D eigenvalue weighted by atomic mass is 10.0. The van der Waals surface area contributed by atoms with Gasteiger partial charge in [-0.2, -0.15) is 0 Å². The summed E-state index contributed by atoms with van der Waals surface area (Å²) in [5, 5.41) is 5.62. The van der Waals surface area contributed by atoms with Crippen molar-refractivity contribution in [3.63, 3.8) is 0 Å². The van der Waals surface area contributed by atoms with Crippen molar-refractivity contribution in [3.05, 3.63) is 84.1 Å². The van der Waals surface area contributed by atoms with Gasteiger partial charge in [0.05, 0.1) is 6.61 Å². The van der Waals surface area contributed by atoms with E-state index in [1.165, 1.54) is 12.2 Å². The van der Waals surface area contributed by atoms with Gasteiger partial charge in [0.1, 0.15) is 11.7 Å². The summed E-state index contributed by atoms with van der Waals surface area (Å²) in [6.45, 7) is 1.99. The maximum Gasteiger partial charge on any atom is 0.330 e. The van der Waals surface area contributed by atoms with Gasteiger partial charge in [0, 0.05) is 36.2 Å². The summed E-state index contributed by atoms with van der Waals surface area (Å²) < 4.78 is 15.9. The standard InChI is InChI=1S/C30H32N4O7/c1-2-39-27(36)16-12-20(11-15-26(31)35)32-30(38)24(17-19-7-4-3-5-8-19)34-29(37)23-14-13-22(33-23)21-9-6-10-25-28(21)41-18-40-25/h3-10,12-14,16,20,24,33H,2,11,15,17-18H2,1H3,(H2,31,35)(H,32,38)(H,34,37)/t20-,24-/m0/s1. The third-order valence-corrected chi connectivity index (χ3v) is 6.30. The Morgan fingerprint density at radius 3 is 2.59 bits per heavy atom. The van der Waals surface area contributed by atoms with Gasteiger partial charge in [-0.15, -0.1) is 0 Å². The lowest BCUT2D eigenvalue weighted by Crippen LogP contribution is -2.50. The van der Waals surface area contributed by atoms with Gasteiger partial charge >= 0.3 is 5.97 Å². The monoisotopic (exact) mass is 560 g/mol. The summed E-state index contributed by atoms with van der Waals surface area (Å²) in [6.07, 6.45) is 2.98. The Hall–Kier alpha value is -5.06. The van der Waals surface area contributed by atoms with Crippen LogP contribution in [-0.4, -0.2) is 54.2 Å². The van der Waals surface area contributed by atoms with Crippen molar-refractivity contribution in [2.45, 2.75) is 38.3 Å². The molecule has 0 saturated carbocycles. The topological polar surface area (TPSA) is 162 Å². The van der Waals surface area contributed by atoms with Gasteiger partial charge in [-0.1, -0.05) is 42.5 Å². The first-order chi connectivity index (χ1) is 19.8. The fourth-order valence-electron chi connectivity index (χ4n) is 4.30. The number of carbonyl (C=O) groups excluding carboxylic acids is 4. The molecular weight excluding hydrogens is 528 g/mol. The number of ether oxygens (including phenoxy) is 3. The van der Waals surface area contributed by atoms with Crippen molar-refractivity contribution in [1.29, 1.82) is 0 Å². The first-order valence-corrected chi connectivity index (χ1v) is 13.2. The van der Waals surface area contributed by atoms with E-state index < -0.39 is 35.8 Å². The molecule has 11 nitrogen and oxygen atoms in total. The number of nitrogens with one attached hydrogen (secondary N) is 3. The molecule has 0 spiro atoms. The minimum Gasteiger partial charge on any atom is -0.463 e. The summed E-state index contributed by atoms with van der Waals surface area (Å²) in [4.78, 5) is 53.1. The Morgan fingerprint density at radius 2 is 1.83 bits per heavy atom. The zero-order valence-corrected chi connectivity index (χ0v) is 22.6. The van der Waals surface area contributed by atoms with Crippen molar-refractivity contribution in [1.82, 2.24) is 15.6 Å². The van der Waals surface area contributed by atoms with Crippen LogP contribution in [0.3, 0.4) is 0 Å². The molecule has 1 aromatic heterocycles. The van der Waals surface area contributed by atoms with Crippen molar-refractivity contribution in [2.75, 3.05) is 13.4 Å². The van der Waals surface area contributed by atoms with Gasteiger partial charge in [0.2, 0.25) is 18.6 Å².